The van der Waals surface area contributed by atoms with Crippen molar-refractivity contribution in [2.75, 3.05) is 7.11 Å². The highest BCUT2D eigenvalue weighted by Crippen LogP contribution is 2.27. The molecule has 0 aliphatic carbocycles. The van der Waals surface area contributed by atoms with Crippen LogP contribution in [-0.2, 0) is 4.79 Å². The number of aryl methyl sites for hydroxylation is 1. The van der Waals surface area contributed by atoms with E-state index in [1.165, 1.54) is 13.2 Å². The normalized spacial score (nSPS) is 12.0. The minimum atomic E-state index is -1.62. The third kappa shape index (κ3) is 2.75. The number of carboxylic acids is 1. The average Bonchev–Trinajstić information content (AvgIpc) is 2.29. The number of Topliss-reactive ketones (excluding diaryl/α,β-unsaturated/α-hetero) is 1. The quantitative estimate of drug-likeness (QED) is 0.626. The maximum atomic E-state index is 11.8. The zero-order valence-electron chi connectivity index (χ0n) is 9.36. The number of nitrogens with two attached hydrogens (primary N) is 1. The summed E-state index contributed by atoms with van der Waals surface area (Å²) in [5.74, 6) is -1.88. The first-order valence-corrected chi connectivity index (χ1v) is 5.13. The highest BCUT2D eigenvalue weighted by atomic mass is 35.5. The second-order valence-corrected chi connectivity index (χ2v) is 3.89. The lowest BCUT2D eigenvalue weighted by Gasteiger charge is -2.12. The van der Waals surface area contributed by atoms with Gasteiger partial charge in [0.2, 0.25) is 0 Å². The average molecular weight is 258 g/mol. The molecule has 0 amide bonds. The van der Waals surface area contributed by atoms with Crippen molar-refractivity contribution in [2.45, 2.75) is 13.0 Å². The van der Waals surface area contributed by atoms with Gasteiger partial charge in [0.15, 0.2) is 11.8 Å². The molecule has 5 nitrogen and oxygen atoms in total. The van der Waals surface area contributed by atoms with Crippen LogP contribution in [0.4, 0.5) is 0 Å². The first-order chi connectivity index (χ1) is 7.88. The van der Waals surface area contributed by atoms with Crippen molar-refractivity contribution < 1.29 is 19.4 Å². The monoisotopic (exact) mass is 257 g/mol. The minimum Gasteiger partial charge on any atom is -0.496 e. The molecule has 0 fully saturated rings. The number of benzene rings is 1. The third-order valence-electron chi connectivity index (χ3n) is 2.29. The zero-order valence-corrected chi connectivity index (χ0v) is 10.1. The molecular weight excluding hydrogens is 246 g/mol. The fourth-order valence-corrected chi connectivity index (χ4v) is 1.46. The highest BCUT2D eigenvalue weighted by molar-refractivity contribution is 6.32. The molecule has 92 valence electrons. The number of aliphatic carboxylic acids is 1. The molecule has 0 aliphatic heterocycles. The Balaban J connectivity index is 3.25. The number of carbonyl (C=O) groups excluding carboxylic acids is 1. The van der Waals surface area contributed by atoms with Gasteiger partial charge in [-0.25, -0.2) is 0 Å². The van der Waals surface area contributed by atoms with Gasteiger partial charge in [0.1, 0.15) is 5.75 Å². The van der Waals surface area contributed by atoms with Gasteiger partial charge >= 0.3 is 5.97 Å². The molecule has 0 spiro atoms. The van der Waals surface area contributed by atoms with Crippen LogP contribution in [0.5, 0.6) is 5.75 Å². The van der Waals surface area contributed by atoms with Gasteiger partial charge in [0.25, 0.3) is 0 Å². The summed E-state index contributed by atoms with van der Waals surface area (Å²) in [6.07, 6.45) is 0. The summed E-state index contributed by atoms with van der Waals surface area (Å²) in [6, 6.07) is 1.30. The van der Waals surface area contributed by atoms with E-state index in [-0.39, 0.29) is 11.3 Å². The molecule has 6 heteroatoms. The van der Waals surface area contributed by atoms with E-state index in [0.717, 1.165) is 5.56 Å². The van der Waals surface area contributed by atoms with Crippen molar-refractivity contribution in [1.29, 1.82) is 0 Å². The number of hydrogen-bond acceptors (Lipinski definition) is 4. The smallest absolute Gasteiger partial charge is 0.328 e. The second kappa shape index (κ2) is 5.16. The summed E-state index contributed by atoms with van der Waals surface area (Å²) >= 11 is 5.88. The van der Waals surface area contributed by atoms with Crippen LogP contribution in [0, 0.1) is 6.92 Å². The van der Waals surface area contributed by atoms with Gasteiger partial charge in [-0.05, 0) is 24.6 Å². The molecule has 0 saturated heterocycles. The predicted molar refractivity (Wildman–Crippen MR) is 62.7 cm³/mol. The standard InChI is InChI=1S/C11H12ClNO4/c1-5-3-8(17-2)6(4-7(5)12)10(14)9(13)11(15)16/h3-4,9H,13H2,1-2H3,(H,15,16). The molecule has 1 aromatic rings. The van der Waals surface area contributed by atoms with E-state index in [2.05, 4.69) is 0 Å². The zero-order chi connectivity index (χ0) is 13.2. The molecule has 1 rings (SSSR count). The molecule has 0 aliphatic rings. The van der Waals surface area contributed by atoms with E-state index in [0.29, 0.717) is 5.02 Å². The Labute approximate surface area is 103 Å². The lowest BCUT2D eigenvalue weighted by atomic mass is 10.0. The largest absolute Gasteiger partial charge is 0.496 e. The number of rotatable bonds is 4. The Morgan fingerprint density at radius 1 is 1.47 bits per heavy atom. The van der Waals surface area contributed by atoms with Crippen molar-refractivity contribution in [1.82, 2.24) is 0 Å². The van der Waals surface area contributed by atoms with Gasteiger partial charge in [0.05, 0.1) is 12.7 Å². The van der Waals surface area contributed by atoms with E-state index in [1.807, 2.05) is 0 Å². The van der Waals surface area contributed by atoms with E-state index in [1.54, 1.807) is 13.0 Å². The van der Waals surface area contributed by atoms with Gasteiger partial charge in [-0.2, -0.15) is 0 Å². The van der Waals surface area contributed by atoms with Crippen LogP contribution < -0.4 is 10.5 Å². The number of carboxylic acid groups (broad SMARTS) is 1. The molecule has 1 unspecified atom stereocenters. The molecule has 1 atom stereocenters. The molecule has 3 N–H and O–H groups in total. The number of ether oxygens (including phenoxy) is 1. The fraction of sp³-hybridized carbons (Fsp3) is 0.273. The van der Waals surface area contributed by atoms with Crippen LogP contribution in [0.1, 0.15) is 15.9 Å². The van der Waals surface area contributed by atoms with Crippen LogP contribution in [0.15, 0.2) is 12.1 Å². The molecular formula is C11H12ClNO4. The van der Waals surface area contributed by atoms with Gasteiger partial charge in [-0.1, -0.05) is 11.6 Å². The number of ketones is 1. The number of hydrogen-bond donors (Lipinski definition) is 2. The summed E-state index contributed by atoms with van der Waals surface area (Å²) in [5, 5.41) is 9.04. The molecule has 0 heterocycles. The van der Waals surface area contributed by atoms with Crippen LogP contribution in [0.3, 0.4) is 0 Å². The maximum absolute atomic E-state index is 11.8. The second-order valence-electron chi connectivity index (χ2n) is 3.48. The molecule has 0 aromatic heterocycles. The van der Waals surface area contributed by atoms with Gasteiger partial charge in [0, 0.05) is 5.02 Å². The van der Waals surface area contributed by atoms with Crippen molar-refractivity contribution >= 4 is 23.4 Å². The highest BCUT2D eigenvalue weighted by Gasteiger charge is 2.26. The fourth-order valence-electron chi connectivity index (χ4n) is 1.30. The van der Waals surface area contributed by atoms with Crippen molar-refractivity contribution in [2.24, 2.45) is 5.73 Å². The number of methoxy groups -OCH3 is 1. The molecule has 17 heavy (non-hydrogen) atoms. The van der Waals surface area contributed by atoms with Gasteiger partial charge in [-0.3, -0.25) is 9.59 Å². The van der Waals surface area contributed by atoms with E-state index >= 15 is 0 Å². The Hall–Kier alpha value is -1.59. The Kier molecular flexibility index (Phi) is 4.09. The summed E-state index contributed by atoms with van der Waals surface area (Å²) in [4.78, 5) is 22.4. The Bertz CT molecular complexity index is 473. The third-order valence-corrected chi connectivity index (χ3v) is 2.70. The topological polar surface area (TPSA) is 89.6 Å². The number of carbonyl (C=O) groups is 2. The summed E-state index contributed by atoms with van der Waals surface area (Å²) < 4.78 is 5.00. The maximum Gasteiger partial charge on any atom is 0.328 e. The summed E-state index contributed by atoms with van der Waals surface area (Å²) in [6.45, 7) is 1.75. The summed E-state index contributed by atoms with van der Waals surface area (Å²) in [7, 11) is 1.38. The van der Waals surface area contributed by atoms with Crippen LogP contribution in [0.25, 0.3) is 0 Å². The Morgan fingerprint density at radius 3 is 2.53 bits per heavy atom. The predicted octanol–water partition coefficient (Wildman–Crippen LogP) is 1.25. The van der Waals surface area contributed by atoms with E-state index in [4.69, 9.17) is 27.2 Å². The molecule has 0 bridgehead atoms. The van der Waals surface area contributed by atoms with Crippen LogP contribution in [-0.4, -0.2) is 30.0 Å². The molecule has 1 aromatic carbocycles. The van der Waals surface area contributed by atoms with Crippen molar-refractivity contribution in [3.05, 3.63) is 28.3 Å². The summed E-state index contributed by atoms with van der Waals surface area (Å²) in [5.41, 5.74) is 6.05. The SMILES string of the molecule is COc1cc(C)c(Cl)cc1C(=O)C(N)C(=O)O. The van der Waals surface area contributed by atoms with Crippen LogP contribution >= 0.6 is 11.6 Å². The van der Waals surface area contributed by atoms with Crippen LogP contribution in [0.2, 0.25) is 5.02 Å². The lowest BCUT2D eigenvalue weighted by molar-refractivity contribution is -0.137. The molecule has 0 radical (unpaired) electrons. The first kappa shape index (κ1) is 13.5. The van der Waals surface area contributed by atoms with Gasteiger partial charge in [-0.15, -0.1) is 0 Å². The first-order valence-electron chi connectivity index (χ1n) is 4.75. The lowest BCUT2D eigenvalue weighted by Crippen LogP contribution is -2.38. The molecule has 0 saturated carbocycles. The number of halogens is 1. The van der Waals surface area contributed by atoms with E-state index < -0.39 is 17.8 Å². The minimum absolute atomic E-state index is 0.0676. The van der Waals surface area contributed by atoms with Gasteiger partial charge < -0.3 is 15.6 Å². The van der Waals surface area contributed by atoms with Crippen molar-refractivity contribution in [3.63, 3.8) is 0 Å². The van der Waals surface area contributed by atoms with Crippen molar-refractivity contribution in [3.8, 4) is 5.75 Å². The Morgan fingerprint density at radius 2 is 2.06 bits per heavy atom. The van der Waals surface area contributed by atoms with E-state index in [9.17, 15) is 9.59 Å².